The van der Waals surface area contributed by atoms with Crippen molar-refractivity contribution in [2.75, 3.05) is 19.6 Å². The molecule has 2 heterocycles. The van der Waals surface area contributed by atoms with Gasteiger partial charge in [0, 0.05) is 38.0 Å². The highest BCUT2D eigenvalue weighted by Gasteiger charge is 2.21. The Balaban J connectivity index is 1.45. The van der Waals surface area contributed by atoms with Gasteiger partial charge in [-0.3, -0.25) is 30.0 Å². The number of hydrogen-bond donors (Lipinski definition) is 2. The van der Waals surface area contributed by atoms with Crippen molar-refractivity contribution < 1.29 is 19.2 Å². The van der Waals surface area contributed by atoms with E-state index in [4.69, 9.17) is 0 Å². The van der Waals surface area contributed by atoms with Crippen LogP contribution < -0.4 is 10.9 Å². The van der Waals surface area contributed by atoms with Gasteiger partial charge in [-0.25, -0.2) is 0 Å². The van der Waals surface area contributed by atoms with E-state index in [1.54, 1.807) is 29.2 Å². The second-order valence-electron chi connectivity index (χ2n) is 7.24. The van der Waals surface area contributed by atoms with Crippen molar-refractivity contribution in [2.24, 2.45) is 0 Å². The van der Waals surface area contributed by atoms with Gasteiger partial charge in [0.2, 0.25) is 11.8 Å². The smallest absolute Gasteiger partial charge is 0.269 e. The monoisotopic (exact) mass is 386 g/mol. The first-order chi connectivity index (χ1) is 13.5. The van der Waals surface area contributed by atoms with Crippen LogP contribution in [0.4, 0.5) is 0 Å². The van der Waals surface area contributed by atoms with Gasteiger partial charge in [-0.05, 0) is 37.0 Å². The largest absolute Gasteiger partial charge is 0.338 e. The standard InChI is InChI=1S/C20H26N4O4/c25-17(14-24-11-3-1-2-5-18(24)26)21-22-20(28)16-9-7-15(8-10-16)13-23-12-4-6-19(23)27/h7-10H,1-6,11-14H2,(H,21,25)(H,22,28). The second-order valence-corrected chi connectivity index (χ2v) is 7.24. The van der Waals surface area contributed by atoms with Gasteiger partial charge < -0.3 is 9.80 Å². The van der Waals surface area contributed by atoms with Crippen LogP contribution in [-0.4, -0.2) is 53.1 Å². The van der Waals surface area contributed by atoms with Crippen LogP contribution in [0.2, 0.25) is 0 Å². The van der Waals surface area contributed by atoms with E-state index in [9.17, 15) is 19.2 Å². The van der Waals surface area contributed by atoms with Crippen molar-refractivity contribution in [3.05, 3.63) is 35.4 Å². The summed E-state index contributed by atoms with van der Waals surface area (Å²) < 4.78 is 0. The van der Waals surface area contributed by atoms with Crippen molar-refractivity contribution >= 4 is 23.6 Å². The third-order valence-corrected chi connectivity index (χ3v) is 5.08. The minimum Gasteiger partial charge on any atom is -0.338 e. The molecular formula is C20H26N4O4. The van der Waals surface area contributed by atoms with Crippen LogP contribution in [0, 0.1) is 0 Å². The number of rotatable bonds is 5. The predicted molar refractivity (Wildman–Crippen MR) is 102 cm³/mol. The molecule has 2 N–H and O–H groups in total. The number of hydrogen-bond acceptors (Lipinski definition) is 4. The van der Waals surface area contributed by atoms with Gasteiger partial charge in [-0.1, -0.05) is 18.6 Å². The molecule has 28 heavy (non-hydrogen) atoms. The summed E-state index contributed by atoms with van der Waals surface area (Å²) in [4.78, 5) is 51.2. The SMILES string of the molecule is O=C(CN1CCCCCC1=O)NNC(=O)c1ccc(CN2CCCC2=O)cc1. The highest BCUT2D eigenvalue weighted by molar-refractivity contribution is 5.95. The van der Waals surface area contributed by atoms with E-state index >= 15 is 0 Å². The summed E-state index contributed by atoms with van der Waals surface area (Å²) in [6.07, 6.45) is 4.69. The molecule has 2 aliphatic rings. The molecule has 0 saturated carbocycles. The molecule has 0 spiro atoms. The third-order valence-electron chi connectivity index (χ3n) is 5.08. The van der Waals surface area contributed by atoms with E-state index in [1.807, 2.05) is 0 Å². The molecular weight excluding hydrogens is 360 g/mol. The first-order valence-electron chi connectivity index (χ1n) is 9.76. The van der Waals surface area contributed by atoms with Gasteiger partial charge in [0.05, 0.1) is 0 Å². The summed E-state index contributed by atoms with van der Waals surface area (Å²) in [6, 6.07) is 6.93. The van der Waals surface area contributed by atoms with Crippen LogP contribution in [0.3, 0.4) is 0 Å². The third kappa shape index (κ3) is 5.31. The molecule has 150 valence electrons. The van der Waals surface area contributed by atoms with Gasteiger partial charge in [0.15, 0.2) is 0 Å². The lowest BCUT2D eigenvalue weighted by atomic mass is 10.1. The molecule has 1 aromatic carbocycles. The minimum absolute atomic E-state index is 0.0222. The van der Waals surface area contributed by atoms with E-state index in [-0.39, 0.29) is 18.4 Å². The number of amides is 4. The molecule has 8 heteroatoms. The van der Waals surface area contributed by atoms with Crippen LogP contribution >= 0.6 is 0 Å². The first kappa shape index (κ1) is 19.9. The Morgan fingerprint density at radius 1 is 0.821 bits per heavy atom. The van der Waals surface area contributed by atoms with Gasteiger partial charge >= 0.3 is 0 Å². The van der Waals surface area contributed by atoms with Crippen molar-refractivity contribution in [3.63, 3.8) is 0 Å². The summed E-state index contributed by atoms with van der Waals surface area (Å²) in [5, 5.41) is 0. The predicted octanol–water partition coefficient (Wildman–Crippen LogP) is 0.973. The molecule has 0 unspecified atom stereocenters. The molecule has 3 rings (SSSR count). The quantitative estimate of drug-likeness (QED) is 0.737. The number of benzene rings is 1. The molecule has 8 nitrogen and oxygen atoms in total. The van der Waals surface area contributed by atoms with Gasteiger partial charge in [-0.2, -0.15) is 0 Å². The molecule has 0 aromatic heterocycles. The fourth-order valence-electron chi connectivity index (χ4n) is 3.47. The lowest BCUT2D eigenvalue weighted by molar-refractivity contribution is -0.135. The molecule has 0 bridgehead atoms. The van der Waals surface area contributed by atoms with Gasteiger partial charge in [0.1, 0.15) is 6.54 Å². The normalized spacial score (nSPS) is 17.4. The number of carbonyl (C=O) groups is 4. The zero-order valence-corrected chi connectivity index (χ0v) is 15.9. The maximum absolute atomic E-state index is 12.2. The number of hydrazine groups is 1. The summed E-state index contributed by atoms with van der Waals surface area (Å²) in [5.74, 6) is -0.717. The Hall–Kier alpha value is -2.90. The van der Waals surface area contributed by atoms with E-state index in [0.29, 0.717) is 31.5 Å². The lowest BCUT2D eigenvalue weighted by Gasteiger charge is -2.19. The maximum Gasteiger partial charge on any atom is 0.269 e. The lowest BCUT2D eigenvalue weighted by Crippen LogP contribution is -2.47. The Morgan fingerprint density at radius 3 is 2.21 bits per heavy atom. The van der Waals surface area contributed by atoms with Crippen LogP contribution in [-0.2, 0) is 20.9 Å². The molecule has 2 fully saturated rings. The van der Waals surface area contributed by atoms with E-state index in [0.717, 1.165) is 37.8 Å². The summed E-state index contributed by atoms with van der Waals surface area (Å²) in [7, 11) is 0. The summed E-state index contributed by atoms with van der Waals surface area (Å²) >= 11 is 0. The summed E-state index contributed by atoms with van der Waals surface area (Å²) in [5.41, 5.74) is 6.10. The fourth-order valence-corrected chi connectivity index (χ4v) is 3.47. The molecule has 4 amide bonds. The Morgan fingerprint density at radius 2 is 1.50 bits per heavy atom. The number of nitrogens with one attached hydrogen (secondary N) is 2. The highest BCUT2D eigenvalue weighted by Crippen LogP contribution is 2.15. The molecule has 0 atom stereocenters. The number of likely N-dealkylation sites (tertiary alicyclic amines) is 2. The van der Waals surface area contributed by atoms with Crippen LogP contribution in [0.5, 0.6) is 0 Å². The highest BCUT2D eigenvalue weighted by atomic mass is 16.2. The van der Waals surface area contributed by atoms with Crippen LogP contribution in [0.25, 0.3) is 0 Å². The topological polar surface area (TPSA) is 98.8 Å². The van der Waals surface area contributed by atoms with Gasteiger partial charge in [0.25, 0.3) is 11.8 Å². The van der Waals surface area contributed by atoms with Crippen molar-refractivity contribution in [1.29, 1.82) is 0 Å². The maximum atomic E-state index is 12.2. The van der Waals surface area contributed by atoms with Crippen molar-refractivity contribution in [2.45, 2.75) is 45.1 Å². The van der Waals surface area contributed by atoms with Crippen molar-refractivity contribution in [3.8, 4) is 0 Å². The van der Waals surface area contributed by atoms with E-state index in [1.165, 1.54) is 4.90 Å². The van der Waals surface area contributed by atoms with E-state index in [2.05, 4.69) is 10.9 Å². The average molecular weight is 386 g/mol. The zero-order valence-electron chi connectivity index (χ0n) is 15.9. The number of carbonyl (C=O) groups excluding carboxylic acids is 4. The molecule has 0 radical (unpaired) electrons. The Bertz CT molecular complexity index is 747. The second kappa shape index (κ2) is 9.34. The molecule has 0 aliphatic carbocycles. The summed E-state index contributed by atoms with van der Waals surface area (Å²) in [6.45, 7) is 1.83. The van der Waals surface area contributed by atoms with Crippen molar-refractivity contribution in [1.82, 2.24) is 20.7 Å². The molecule has 2 saturated heterocycles. The first-order valence-corrected chi connectivity index (χ1v) is 9.76. The van der Waals surface area contributed by atoms with Gasteiger partial charge in [-0.15, -0.1) is 0 Å². The Labute approximate surface area is 164 Å². The molecule has 2 aliphatic heterocycles. The fraction of sp³-hybridized carbons (Fsp3) is 0.500. The average Bonchev–Trinajstić information content (AvgIpc) is 2.98. The molecule has 1 aromatic rings. The van der Waals surface area contributed by atoms with Crippen LogP contribution in [0.1, 0.15) is 54.4 Å². The Kier molecular flexibility index (Phi) is 6.62. The number of nitrogens with zero attached hydrogens (tertiary/aromatic N) is 2. The minimum atomic E-state index is -0.431. The zero-order chi connectivity index (χ0) is 19.9. The van der Waals surface area contributed by atoms with Crippen LogP contribution in [0.15, 0.2) is 24.3 Å². The van der Waals surface area contributed by atoms with E-state index < -0.39 is 11.8 Å².